The SMILES string of the molecule is COCCN(c1ccc(Br)cc1N)C(C)C1CC1. The highest BCUT2D eigenvalue weighted by Gasteiger charge is 2.32. The highest BCUT2D eigenvalue weighted by atomic mass is 79.9. The van der Waals surface area contributed by atoms with Crippen LogP contribution >= 0.6 is 15.9 Å². The van der Waals surface area contributed by atoms with Crippen LogP contribution in [0.1, 0.15) is 19.8 Å². The second-order valence-electron chi connectivity index (χ2n) is 4.97. The first-order valence-corrected chi connectivity index (χ1v) is 7.23. The molecule has 2 N–H and O–H groups in total. The molecule has 0 aromatic heterocycles. The Bertz CT molecular complexity index is 407. The summed E-state index contributed by atoms with van der Waals surface area (Å²) < 4.78 is 6.24. The largest absolute Gasteiger partial charge is 0.397 e. The highest BCUT2D eigenvalue weighted by molar-refractivity contribution is 9.10. The molecule has 0 spiro atoms. The first-order valence-electron chi connectivity index (χ1n) is 6.44. The highest BCUT2D eigenvalue weighted by Crippen LogP contribution is 2.38. The molecule has 1 aromatic rings. The van der Waals surface area contributed by atoms with Crippen LogP contribution < -0.4 is 10.6 Å². The van der Waals surface area contributed by atoms with Crippen LogP contribution in [0, 0.1) is 5.92 Å². The zero-order chi connectivity index (χ0) is 13.1. The lowest BCUT2D eigenvalue weighted by Gasteiger charge is -2.32. The number of ether oxygens (including phenoxy) is 1. The van der Waals surface area contributed by atoms with Gasteiger partial charge in [0.1, 0.15) is 0 Å². The van der Waals surface area contributed by atoms with Crippen LogP contribution in [0.15, 0.2) is 22.7 Å². The number of nitrogens with two attached hydrogens (primary N) is 1. The molecule has 4 heteroatoms. The van der Waals surface area contributed by atoms with E-state index in [4.69, 9.17) is 10.5 Å². The zero-order valence-electron chi connectivity index (χ0n) is 11.0. The predicted molar refractivity (Wildman–Crippen MR) is 80.0 cm³/mol. The number of nitrogen functional groups attached to an aromatic ring is 1. The summed E-state index contributed by atoms with van der Waals surface area (Å²) >= 11 is 3.45. The predicted octanol–water partition coefficient (Wildman–Crippen LogP) is 3.28. The zero-order valence-corrected chi connectivity index (χ0v) is 12.6. The maximum Gasteiger partial charge on any atom is 0.0637 e. The van der Waals surface area contributed by atoms with E-state index >= 15 is 0 Å². The number of halogens is 1. The smallest absolute Gasteiger partial charge is 0.0637 e. The number of hydrogen-bond donors (Lipinski definition) is 1. The van der Waals surface area contributed by atoms with Crippen molar-refractivity contribution in [1.82, 2.24) is 0 Å². The van der Waals surface area contributed by atoms with Crippen molar-refractivity contribution in [3.63, 3.8) is 0 Å². The van der Waals surface area contributed by atoms with Gasteiger partial charge in [-0.15, -0.1) is 0 Å². The van der Waals surface area contributed by atoms with Gasteiger partial charge in [0.2, 0.25) is 0 Å². The van der Waals surface area contributed by atoms with E-state index in [2.05, 4.69) is 33.8 Å². The minimum absolute atomic E-state index is 0.531. The van der Waals surface area contributed by atoms with Gasteiger partial charge in [-0.3, -0.25) is 0 Å². The Hall–Kier alpha value is -0.740. The Morgan fingerprint density at radius 3 is 2.78 bits per heavy atom. The van der Waals surface area contributed by atoms with Gasteiger partial charge in [-0.2, -0.15) is 0 Å². The third-order valence-electron chi connectivity index (χ3n) is 3.63. The van der Waals surface area contributed by atoms with Gasteiger partial charge < -0.3 is 15.4 Å². The summed E-state index contributed by atoms with van der Waals surface area (Å²) in [7, 11) is 1.74. The van der Waals surface area contributed by atoms with E-state index in [0.717, 1.165) is 34.9 Å². The van der Waals surface area contributed by atoms with Crippen molar-refractivity contribution in [1.29, 1.82) is 0 Å². The Labute approximate surface area is 117 Å². The van der Waals surface area contributed by atoms with E-state index in [9.17, 15) is 0 Å². The number of methoxy groups -OCH3 is 1. The van der Waals surface area contributed by atoms with Crippen LogP contribution in [-0.2, 0) is 4.74 Å². The summed E-state index contributed by atoms with van der Waals surface area (Å²) in [5.74, 6) is 0.810. The fraction of sp³-hybridized carbons (Fsp3) is 0.571. The molecule has 1 aromatic carbocycles. The maximum absolute atomic E-state index is 6.14. The maximum atomic E-state index is 6.14. The van der Waals surface area contributed by atoms with Gasteiger partial charge in [-0.25, -0.2) is 0 Å². The topological polar surface area (TPSA) is 38.5 Å². The van der Waals surface area contributed by atoms with Crippen LogP contribution in [0.5, 0.6) is 0 Å². The lowest BCUT2D eigenvalue weighted by molar-refractivity contribution is 0.203. The third kappa shape index (κ3) is 3.18. The molecule has 18 heavy (non-hydrogen) atoms. The Balaban J connectivity index is 2.20. The number of nitrogens with zero attached hydrogens (tertiary/aromatic N) is 1. The van der Waals surface area contributed by atoms with E-state index in [1.807, 2.05) is 12.1 Å². The van der Waals surface area contributed by atoms with Gasteiger partial charge >= 0.3 is 0 Å². The molecular weight excluding hydrogens is 292 g/mol. The molecule has 1 unspecified atom stereocenters. The average molecular weight is 313 g/mol. The van der Waals surface area contributed by atoms with E-state index in [1.165, 1.54) is 12.8 Å². The van der Waals surface area contributed by atoms with Crippen molar-refractivity contribution >= 4 is 27.3 Å². The molecule has 1 aliphatic rings. The van der Waals surface area contributed by atoms with Crippen LogP contribution in [-0.4, -0.2) is 26.3 Å². The number of anilines is 2. The van der Waals surface area contributed by atoms with Crippen molar-refractivity contribution in [2.45, 2.75) is 25.8 Å². The first kappa shape index (κ1) is 13.7. The minimum atomic E-state index is 0.531. The van der Waals surface area contributed by atoms with Crippen molar-refractivity contribution in [2.24, 2.45) is 5.92 Å². The average Bonchev–Trinajstić information content (AvgIpc) is 3.15. The quantitative estimate of drug-likeness (QED) is 0.819. The van der Waals surface area contributed by atoms with Crippen molar-refractivity contribution in [3.05, 3.63) is 22.7 Å². The van der Waals surface area contributed by atoms with Gasteiger partial charge in [-0.1, -0.05) is 15.9 Å². The van der Waals surface area contributed by atoms with Crippen molar-refractivity contribution in [2.75, 3.05) is 30.9 Å². The van der Waals surface area contributed by atoms with Gasteiger partial charge in [-0.05, 0) is 43.9 Å². The third-order valence-corrected chi connectivity index (χ3v) is 4.12. The van der Waals surface area contributed by atoms with Gasteiger partial charge in [0.15, 0.2) is 0 Å². The van der Waals surface area contributed by atoms with E-state index in [-0.39, 0.29) is 0 Å². The summed E-state index contributed by atoms with van der Waals surface area (Å²) in [6.45, 7) is 3.90. The van der Waals surface area contributed by atoms with E-state index in [1.54, 1.807) is 7.11 Å². The lowest BCUT2D eigenvalue weighted by Crippen LogP contribution is -2.37. The van der Waals surface area contributed by atoms with Gasteiger partial charge in [0.05, 0.1) is 18.0 Å². The van der Waals surface area contributed by atoms with Crippen LogP contribution in [0.4, 0.5) is 11.4 Å². The molecule has 0 bridgehead atoms. The molecule has 0 heterocycles. The normalized spacial score (nSPS) is 16.6. The summed E-state index contributed by atoms with van der Waals surface area (Å²) in [6.07, 6.45) is 2.67. The second kappa shape index (κ2) is 5.93. The Morgan fingerprint density at radius 2 is 2.22 bits per heavy atom. The van der Waals surface area contributed by atoms with Crippen LogP contribution in [0.25, 0.3) is 0 Å². The first-order chi connectivity index (χ1) is 8.63. The lowest BCUT2D eigenvalue weighted by atomic mass is 10.1. The van der Waals surface area contributed by atoms with Crippen molar-refractivity contribution in [3.8, 4) is 0 Å². The molecule has 0 saturated heterocycles. The molecule has 2 rings (SSSR count). The summed E-state index contributed by atoms with van der Waals surface area (Å²) in [4.78, 5) is 2.38. The molecule has 1 atom stereocenters. The van der Waals surface area contributed by atoms with Gasteiger partial charge in [0, 0.05) is 24.2 Å². The van der Waals surface area contributed by atoms with Crippen LogP contribution in [0.2, 0.25) is 0 Å². The monoisotopic (exact) mass is 312 g/mol. The number of benzene rings is 1. The Morgan fingerprint density at radius 1 is 1.50 bits per heavy atom. The molecule has 0 aliphatic heterocycles. The standard InChI is InChI=1S/C14H21BrN2O/c1-10(11-3-4-11)17(7-8-18-2)14-6-5-12(15)9-13(14)16/h5-6,9-11H,3-4,7-8,16H2,1-2H3. The second-order valence-corrected chi connectivity index (χ2v) is 5.88. The van der Waals surface area contributed by atoms with E-state index in [0.29, 0.717) is 6.04 Å². The molecule has 0 radical (unpaired) electrons. The Kier molecular flexibility index (Phi) is 4.51. The molecule has 0 amide bonds. The molecular formula is C14H21BrN2O. The minimum Gasteiger partial charge on any atom is -0.397 e. The number of hydrogen-bond acceptors (Lipinski definition) is 3. The molecule has 100 valence electrons. The number of rotatable bonds is 6. The fourth-order valence-electron chi connectivity index (χ4n) is 2.35. The van der Waals surface area contributed by atoms with Gasteiger partial charge in [0.25, 0.3) is 0 Å². The summed E-state index contributed by atoms with van der Waals surface area (Å²) in [6, 6.07) is 6.64. The van der Waals surface area contributed by atoms with Crippen LogP contribution in [0.3, 0.4) is 0 Å². The van der Waals surface area contributed by atoms with Crippen molar-refractivity contribution < 1.29 is 4.74 Å². The molecule has 1 saturated carbocycles. The summed E-state index contributed by atoms with van der Waals surface area (Å²) in [5, 5.41) is 0. The summed E-state index contributed by atoms with van der Waals surface area (Å²) in [5.41, 5.74) is 8.09. The molecule has 3 nitrogen and oxygen atoms in total. The molecule has 1 aliphatic carbocycles. The van der Waals surface area contributed by atoms with E-state index < -0.39 is 0 Å². The molecule has 1 fully saturated rings. The fourth-order valence-corrected chi connectivity index (χ4v) is 2.73.